The second-order valence-electron chi connectivity index (χ2n) is 7.18. The fourth-order valence-corrected chi connectivity index (χ4v) is 2.33. The van der Waals surface area contributed by atoms with Gasteiger partial charge in [-0.1, -0.05) is 27.7 Å². The first-order valence-corrected chi connectivity index (χ1v) is 7.99. The molecule has 3 N–H and O–H groups in total. The van der Waals surface area contributed by atoms with Gasteiger partial charge in [-0.3, -0.25) is 14.4 Å². The highest BCUT2D eigenvalue weighted by Gasteiger charge is 2.25. The van der Waals surface area contributed by atoms with Crippen molar-refractivity contribution in [2.24, 2.45) is 11.3 Å². The molecular formula is C18H26N2O4. The van der Waals surface area contributed by atoms with E-state index in [0.717, 1.165) is 0 Å². The van der Waals surface area contributed by atoms with Gasteiger partial charge in [-0.05, 0) is 35.6 Å². The van der Waals surface area contributed by atoms with Crippen LogP contribution in [0.15, 0.2) is 24.3 Å². The molecule has 1 aromatic rings. The lowest BCUT2D eigenvalue weighted by Crippen LogP contribution is -2.24. The minimum absolute atomic E-state index is 0.0443. The van der Waals surface area contributed by atoms with Crippen LogP contribution in [-0.2, 0) is 14.4 Å². The van der Waals surface area contributed by atoms with E-state index in [2.05, 4.69) is 10.6 Å². The molecule has 1 rings (SSSR count). The van der Waals surface area contributed by atoms with Crippen molar-refractivity contribution in [2.75, 3.05) is 10.6 Å². The second-order valence-corrected chi connectivity index (χ2v) is 7.18. The Morgan fingerprint density at radius 1 is 0.958 bits per heavy atom. The van der Waals surface area contributed by atoms with E-state index >= 15 is 0 Å². The molecule has 0 aromatic heterocycles. The van der Waals surface area contributed by atoms with Crippen LogP contribution in [0.4, 0.5) is 11.4 Å². The fourth-order valence-electron chi connectivity index (χ4n) is 2.33. The first-order chi connectivity index (χ1) is 11.1. The molecule has 0 saturated heterocycles. The number of aliphatic carboxylic acids is 1. The Morgan fingerprint density at radius 2 is 1.42 bits per heavy atom. The first kappa shape index (κ1) is 19.7. The average molecular weight is 334 g/mol. The van der Waals surface area contributed by atoms with Crippen LogP contribution in [0.5, 0.6) is 0 Å². The molecule has 6 heteroatoms. The smallest absolute Gasteiger partial charge is 0.303 e. The molecule has 0 heterocycles. The monoisotopic (exact) mass is 334 g/mol. The summed E-state index contributed by atoms with van der Waals surface area (Å²) in [6.07, 6.45) is 0.505. The molecule has 2 amide bonds. The Kier molecular flexibility index (Phi) is 6.95. The van der Waals surface area contributed by atoms with Crippen LogP contribution in [0.25, 0.3) is 0 Å². The van der Waals surface area contributed by atoms with Gasteiger partial charge in [0.15, 0.2) is 0 Å². The molecule has 0 bridgehead atoms. The molecule has 0 atom stereocenters. The van der Waals surface area contributed by atoms with Gasteiger partial charge in [-0.25, -0.2) is 0 Å². The molecule has 0 saturated carbocycles. The molecule has 6 nitrogen and oxygen atoms in total. The normalized spacial score (nSPS) is 11.2. The van der Waals surface area contributed by atoms with Gasteiger partial charge in [0.05, 0.1) is 6.42 Å². The summed E-state index contributed by atoms with van der Waals surface area (Å²) in [6, 6.07) is 6.84. The number of carbonyl (C=O) groups is 3. The van der Waals surface area contributed by atoms with Gasteiger partial charge in [0.2, 0.25) is 11.8 Å². The van der Waals surface area contributed by atoms with Crippen molar-refractivity contribution >= 4 is 29.2 Å². The summed E-state index contributed by atoms with van der Waals surface area (Å²) >= 11 is 0. The van der Waals surface area contributed by atoms with Gasteiger partial charge in [-0.2, -0.15) is 0 Å². The highest BCUT2D eigenvalue weighted by Crippen LogP contribution is 2.25. The Labute approximate surface area is 142 Å². The third-order valence-corrected chi connectivity index (χ3v) is 3.31. The number of amides is 2. The highest BCUT2D eigenvalue weighted by molar-refractivity contribution is 5.93. The maximum absolute atomic E-state index is 12.0. The van der Waals surface area contributed by atoms with Crippen LogP contribution in [0.2, 0.25) is 0 Å². The average Bonchev–Trinajstić information content (AvgIpc) is 2.37. The summed E-state index contributed by atoms with van der Waals surface area (Å²) in [5.74, 6) is -0.915. The van der Waals surface area contributed by atoms with E-state index in [4.69, 9.17) is 5.11 Å². The summed E-state index contributed by atoms with van der Waals surface area (Å²) in [6.45, 7) is 7.44. The number of anilines is 2. The quantitative estimate of drug-likeness (QED) is 0.678. The van der Waals surface area contributed by atoms with Crippen molar-refractivity contribution in [3.63, 3.8) is 0 Å². The van der Waals surface area contributed by atoms with Crippen LogP contribution < -0.4 is 10.6 Å². The molecule has 0 unspecified atom stereocenters. The third kappa shape index (κ3) is 7.76. The zero-order valence-electron chi connectivity index (χ0n) is 14.7. The van der Waals surface area contributed by atoms with Crippen LogP contribution in [0, 0.1) is 11.3 Å². The lowest BCUT2D eigenvalue weighted by molar-refractivity contribution is -0.139. The molecule has 132 valence electrons. The number of rotatable bonds is 8. The molecule has 24 heavy (non-hydrogen) atoms. The van der Waals surface area contributed by atoms with E-state index in [-0.39, 0.29) is 30.6 Å². The van der Waals surface area contributed by atoms with Gasteiger partial charge in [-0.15, -0.1) is 0 Å². The van der Waals surface area contributed by atoms with Crippen molar-refractivity contribution in [2.45, 2.75) is 47.0 Å². The number of carboxylic acids is 1. The lowest BCUT2D eigenvalue weighted by atomic mass is 9.85. The minimum Gasteiger partial charge on any atom is -0.481 e. The third-order valence-electron chi connectivity index (χ3n) is 3.31. The Balaban J connectivity index is 2.56. The van der Waals surface area contributed by atoms with E-state index in [1.54, 1.807) is 38.1 Å². The molecule has 0 aliphatic heterocycles. The molecule has 0 radical (unpaired) electrons. The van der Waals surface area contributed by atoms with Crippen LogP contribution in [0.3, 0.4) is 0 Å². The molecule has 0 fully saturated rings. The Hall–Kier alpha value is -2.37. The molecule has 0 spiro atoms. The van der Waals surface area contributed by atoms with Crippen LogP contribution in [0.1, 0.15) is 47.0 Å². The van der Waals surface area contributed by atoms with E-state index in [1.165, 1.54) is 0 Å². The van der Waals surface area contributed by atoms with E-state index in [0.29, 0.717) is 17.8 Å². The molecule has 0 aliphatic rings. The lowest BCUT2D eigenvalue weighted by Gasteiger charge is -2.21. The molecular weight excluding hydrogens is 308 g/mol. The van der Waals surface area contributed by atoms with Crippen molar-refractivity contribution in [1.82, 2.24) is 0 Å². The minimum atomic E-state index is -0.922. The van der Waals surface area contributed by atoms with E-state index in [9.17, 15) is 14.4 Å². The summed E-state index contributed by atoms with van der Waals surface area (Å²) in [4.78, 5) is 34.5. The zero-order valence-corrected chi connectivity index (χ0v) is 14.7. The Morgan fingerprint density at radius 3 is 1.83 bits per heavy atom. The zero-order chi connectivity index (χ0) is 18.3. The first-order valence-electron chi connectivity index (χ1n) is 7.99. The van der Waals surface area contributed by atoms with Gasteiger partial charge >= 0.3 is 5.97 Å². The number of nitrogens with one attached hydrogen (secondary N) is 2. The summed E-state index contributed by atoms with van der Waals surface area (Å²) in [7, 11) is 0. The van der Waals surface area contributed by atoms with Gasteiger partial charge in [0.25, 0.3) is 0 Å². The summed E-state index contributed by atoms with van der Waals surface area (Å²) in [5.41, 5.74) is 0.665. The van der Waals surface area contributed by atoms with Crippen LogP contribution in [-0.4, -0.2) is 22.9 Å². The van der Waals surface area contributed by atoms with E-state index in [1.807, 2.05) is 13.8 Å². The number of hydrogen-bond donors (Lipinski definition) is 3. The predicted octanol–water partition coefficient (Wildman–Crippen LogP) is 3.50. The maximum atomic E-state index is 12.0. The van der Waals surface area contributed by atoms with E-state index < -0.39 is 11.4 Å². The van der Waals surface area contributed by atoms with Gasteiger partial charge in [0.1, 0.15) is 0 Å². The van der Waals surface area contributed by atoms with Crippen molar-refractivity contribution < 1.29 is 19.5 Å². The topological polar surface area (TPSA) is 95.5 Å². The highest BCUT2D eigenvalue weighted by atomic mass is 16.4. The number of hydrogen-bond acceptors (Lipinski definition) is 3. The summed E-state index contributed by atoms with van der Waals surface area (Å²) < 4.78 is 0. The molecule has 0 aliphatic carbocycles. The number of carbonyl (C=O) groups excluding carboxylic acids is 2. The maximum Gasteiger partial charge on any atom is 0.303 e. The van der Waals surface area contributed by atoms with Gasteiger partial charge < -0.3 is 15.7 Å². The summed E-state index contributed by atoms with van der Waals surface area (Å²) in [5, 5.41) is 14.4. The van der Waals surface area contributed by atoms with Crippen LogP contribution >= 0.6 is 0 Å². The standard InChI is InChI=1S/C18H26N2O4/c1-12(2)9-15(21)19-13-5-7-14(8-6-13)20-16(22)10-18(3,4)11-17(23)24/h5-8,12H,9-11H2,1-4H3,(H,19,21)(H,20,22)(H,23,24). The SMILES string of the molecule is CC(C)CC(=O)Nc1ccc(NC(=O)CC(C)(C)CC(=O)O)cc1. The van der Waals surface area contributed by atoms with Crippen molar-refractivity contribution in [3.8, 4) is 0 Å². The van der Waals surface area contributed by atoms with Crippen molar-refractivity contribution in [3.05, 3.63) is 24.3 Å². The largest absolute Gasteiger partial charge is 0.481 e. The number of carboxylic acid groups (broad SMARTS) is 1. The van der Waals surface area contributed by atoms with Crippen molar-refractivity contribution in [1.29, 1.82) is 0 Å². The number of benzene rings is 1. The predicted molar refractivity (Wildman–Crippen MR) is 93.8 cm³/mol. The second kappa shape index (κ2) is 8.47. The Bertz CT molecular complexity index is 592. The fraction of sp³-hybridized carbons (Fsp3) is 0.500. The molecule has 1 aromatic carbocycles. The van der Waals surface area contributed by atoms with Gasteiger partial charge in [0, 0.05) is 24.2 Å².